The van der Waals surface area contributed by atoms with Crippen molar-refractivity contribution in [3.8, 4) is 5.75 Å². The van der Waals surface area contributed by atoms with Gasteiger partial charge in [0.1, 0.15) is 17.6 Å². The van der Waals surface area contributed by atoms with Crippen LogP contribution in [0.3, 0.4) is 0 Å². The average Bonchev–Trinajstić information content (AvgIpc) is 2.61. The van der Waals surface area contributed by atoms with Crippen molar-refractivity contribution >= 4 is 21.6 Å². The highest BCUT2D eigenvalue weighted by Gasteiger charge is 2.28. The van der Waals surface area contributed by atoms with Crippen molar-refractivity contribution in [1.29, 1.82) is 0 Å². The highest BCUT2D eigenvalue weighted by molar-refractivity contribution is 7.89. The number of carbonyl (C=O) groups excluding carboxylic acids is 1. The Kier molecular flexibility index (Phi) is 6.33. The van der Waals surface area contributed by atoms with Crippen LogP contribution in [0, 0.1) is 11.7 Å². The molecule has 0 heterocycles. The van der Waals surface area contributed by atoms with Gasteiger partial charge in [-0.3, -0.25) is 4.79 Å². The number of benzene rings is 2. The summed E-state index contributed by atoms with van der Waals surface area (Å²) in [5.41, 5.74) is 0.380. The summed E-state index contributed by atoms with van der Waals surface area (Å²) in [6, 6.07) is 10.1. The standard InChI is InChI=1S/C18H21FN2O4S/c1-12(2)17(18(22)20-14-6-4-13(19)5-7-14)21-26(23,24)16-10-8-15(25-3)9-11-16/h4-12,17,21H,1-3H3,(H,20,22)/t17-/m1/s1. The predicted molar refractivity (Wildman–Crippen MR) is 97.0 cm³/mol. The van der Waals surface area contributed by atoms with Gasteiger partial charge in [0.15, 0.2) is 0 Å². The Morgan fingerprint density at radius 3 is 2.12 bits per heavy atom. The number of sulfonamides is 1. The van der Waals surface area contributed by atoms with Crippen LogP contribution >= 0.6 is 0 Å². The second-order valence-corrected chi connectivity index (χ2v) is 7.73. The number of hydrogen-bond acceptors (Lipinski definition) is 4. The van der Waals surface area contributed by atoms with Crippen molar-refractivity contribution in [3.63, 3.8) is 0 Å². The lowest BCUT2D eigenvalue weighted by Gasteiger charge is -2.21. The van der Waals surface area contributed by atoms with Gasteiger partial charge in [0.25, 0.3) is 0 Å². The quantitative estimate of drug-likeness (QED) is 0.774. The fourth-order valence-corrected chi connectivity index (χ4v) is 3.58. The molecule has 0 bridgehead atoms. The van der Waals surface area contributed by atoms with Gasteiger partial charge in [-0.2, -0.15) is 4.72 Å². The molecule has 0 aromatic heterocycles. The summed E-state index contributed by atoms with van der Waals surface area (Å²) in [7, 11) is -2.42. The molecule has 0 fully saturated rings. The van der Waals surface area contributed by atoms with Gasteiger partial charge < -0.3 is 10.1 Å². The van der Waals surface area contributed by atoms with Gasteiger partial charge in [0, 0.05) is 5.69 Å². The lowest BCUT2D eigenvalue weighted by atomic mass is 10.0. The molecule has 140 valence electrons. The summed E-state index contributed by atoms with van der Waals surface area (Å²) in [6.45, 7) is 3.46. The third kappa shape index (κ3) is 5.03. The van der Waals surface area contributed by atoms with Crippen LogP contribution in [-0.4, -0.2) is 27.5 Å². The van der Waals surface area contributed by atoms with Crippen LogP contribution in [-0.2, 0) is 14.8 Å². The van der Waals surface area contributed by atoms with Crippen molar-refractivity contribution in [2.24, 2.45) is 5.92 Å². The van der Waals surface area contributed by atoms with E-state index < -0.39 is 27.8 Å². The number of anilines is 1. The van der Waals surface area contributed by atoms with Crippen molar-refractivity contribution in [3.05, 3.63) is 54.3 Å². The molecule has 0 aliphatic heterocycles. The molecule has 6 nitrogen and oxygen atoms in total. The summed E-state index contributed by atoms with van der Waals surface area (Å²) < 4.78 is 45.5. The van der Waals surface area contributed by atoms with E-state index in [9.17, 15) is 17.6 Å². The maximum absolute atomic E-state index is 13.0. The maximum Gasteiger partial charge on any atom is 0.242 e. The normalized spacial score (nSPS) is 12.7. The van der Waals surface area contributed by atoms with Crippen molar-refractivity contribution in [1.82, 2.24) is 4.72 Å². The van der Waals surface area contributed by atoms with Gasteiger partial charge in [-0.25, -0.2) is 12.8 Å². The zero-order valence-electron chi connectivity index (χ0n) is 14.7. The summed E-state index contributed by atoms with van der Waals surface area (Å²) in [5, 5.41) is 2.59. The van der Waals surface area contributed by atoms with Crippen LogP contribution in [0.25, 0.3) is 0 Å². The van der Waals surface area contributed by atoms with E-state index in [1.807, 2.05) is 0 Å². The topological polar surface area (TPSA) is 84.5 Å². The van der Waals surface area contributed by atoms with Crippen LogP contribution in [0.4, 0.5) is 10.1 Å². The molecule has 0 aliphatic carbocycles. The van der Waals surface area contributed by atoms with Crippen molar-refractivity contribution in [2.75, 3.05) is 12.4 Å². The van der Waals surface area contributed by atoms with E-state index in [0.717, 1.165) is 0 Å². The smallest absolute Gasteiger partial charge is 0.242 e. The molecule has 0 radical (unpaired) electrons. The molecule has 2 aromatic rings. The second kappa shape index (κ2) is 8.29. The minimum absolute atomic E-state index is 0.0264. The van der Waals surface area contributed by atoms with Gasteiger partial charge >= 0.3 is 0 Å². The molecule has 26 heavy (non-hydrogen) atoms. The minimum atomic E-state index is -3.90. The van der Waals surface area contributed by atoms with Crippen molar-refractivity contribution in [2.45, 2.75) is 24.8 Å². The lowest BCUT2D eigenvalue weighted by Crippen LogP contribution is -2.47. The van der Waals surface area contributed by atoms with Crippen LogP contribution in [0.5, 0.6) is 5.75 Å². The van der Waals surface area contributed by atoms with E-state index in [1.54, 1.807) is 13.8 Å². The molecule has 0 saturated heterocycles. The zero-order valence-corrected chi connectivity index (χ0v) is 15.5. The number of methoxy groups -OCH3 is 1. The molecule has 0 spiro atoms. The molecule has 1 atom stereocenters. The Morgan fingerprint density at radius 2 is 1.62 bits per heavy atom. The minimum Gasteiger partial charge on any atom is -0.497 e. The van der Waals surface area contributed by atoms with Crippen LogP contribution in [0.2, 0.25) is 0 Å². The predicted octanol–water partition coefficient (Wildman–Crippen LogP) is 2.78. The lowest BCUT2D eigenvalue weighted by molar-refractivity contribution is -0.118. The van der Waals surface area contributed by atoms with E-state index >= 15 is 0 Å². The Morgan fingerprint density at radius 1 is 1.04 bits per heavy atom. The van der Waals surface area contributed by atoms with E-state index in [0.29, 0.717) is 11.4 Å². The van der Waals surface area contributed by atoms with E-state index in [1.165, 1.54) is 55.6 Å². The van der Waals surface area contributed by atoms with Crippen LogP contribution in [0.15, 0.2) is 53.4 Å². The number of carbonyl (C=O) groups is 1. The number of nitrogens with one attached hydrogen (secondary N) is 2. The molecule has 2 rings (SSSR count). The van der Waals surface area contributed by atoms with Gasteiger partial charge in [-0.15, -0.1) is 0 Å². The Bertz CT molecular complexity index is 850. The molecular formula is C18H21FN2O4S. The summed E-state index contributed by atoms with van der Waals surface area (Å²) in [6.07, 6.45) is 0. The zero-order chi connectivity index (χ0) is 19.3. The third-order valence-corrected chi connectivity index (χ3v) is 5.17. The Balaban J connectivity index is 2.17. The first-order valence-electron chi connectivity index (χ1n) is 7.96. The van der Waals surface area contributed by atoms with Crippen LogP contribution in [0.1, 0.15) is 13.8 Å². The SMILES string of the molecule is COc1ccc(S(=O)(=O)N[C@@H](C(=O)Nc2ccc(F)cc2)C(C)C)cc1. The number of ether oxygens (including phenoxy) is 1. The Labute approximate surface area is 152 Å². The number of halogens is 1. The molecule has 0 unspecified atom stereocenters. The first kappa shape index (κ1) is 19.9. The van der Waals surface area contributed by atoms with Gasteiger partial charge in [0.05, 0.1) is 12.0 Å². The fourth-order valence-electron chi connectivity index (χ4n) is 2.24. The molecule has 2 N–H and O–H groups in total. The molecule has 8 heteroatoms. The van der Waals surface area contributed by atoms with Crippen molar-refractivity contribution < 1.29 is 22.3 Å². The number of amides is 1. The highest BCUT2D eigenvalue weighted by atomic mass is 32.2. The monoisotopic (exact) mass is 380 g/mol. The fraction of sp³-hybridized carbons (Fsp3) is 0.278. The average molecular weight is 380 g/mol. The Hall–Kier alpha value is -2.45. The summed E-state index contributed by atoms with van der Waals surface area (Å²) in [4.78, 5) is 12.5. The largest absolute Gasteiger partial charge is 0.497 e. The van der Waals surface area contributed by atoms with Gasteiger partial charge in [-0.05, 0) is 54.4 Å². The first-order chi connectivity index (χ1) is 12.2. The number of rotatable bonds is 7. The number of hydrogen-bond donors (Lipinski definition) is 2. The molecule has 0 aliphatic rings. The summed E-state index contributed by atoms with van der Waals surface area (Å²) >= 11 is 0. The van der Waals surface area contributed by atoms with E-state index in [2.05, 4.69) is 10.0 Å². The van der Waals surface area contributed by atoms with E-state index in [-0.39, 0.29) is 10.8 Å². The molecule has 1 amide bonds. The third-order valence-electron chi connectivity index (χ3n) is 3.71. The maximum atomic E-state index is 13.0. The van der Waals surface area contributed by atoms with E-state index in [4.69, 9.17) is 4.74 Å². The van der Waals surface area contributed by atoms with Gasteiger partial charge in [-0.1, -0.05) is 13.8 Å². The molecule has 0 saturated carbocycles. The first-order valence-corrected chi connectivity index (χ1v) is 9.44. The summed E-state index contributed by atoms with van der Waals surface area (Å²) in [5.74, 6) is -0.728. The highest BCUT2D eigenvalue weighted by Crippen LogP contribution is 2.17. The molecule has 2 aromatic carbocycles. The van der Waals surface area contributed by atoms with Crippen LogP contribution < -0.4 is 14.8 Å². The molecular weight excluding hydrogens is 359 g/mol. The second-order valence-electron chi connectivity index (χ2n) is 6.01. The van der Waals surface area contributed by atoms with Gasteiger partial charge in [0.2, 0.25) is 15.9 Å².